The maximum atomic E-state index is 14.3. The van der Waals surface area contributed by atoms with Crippen LogP contribution in [0.3, 0.4) is 0 Å². The van der Waals surface area contributed by atoms with Crippen molar-refractivity contribution in [2.75, 3.05) is 26.4 Å². The van der Waals surface area contributed by atoms with E-state index in [0.717, 1.165) is 116 Å². The number of hydrogen-bond donors (Lipinski definition) is 11. The molecule has 11 N–H and O–H groups in total. The molecule has 580 valence electrons. The summed E-state index contributed by atoms with van der Waals surface area (Å²) in [5.74, 6) is -1.32. The Balaban J connectivity index is 1.74. The SMILES string of the molecule is CCCCCC/C=C\CCCCCCCCCC(=O)OC(COC(=O)CCCCC/C=C\CCCCCCCC)COP(=O)(O)OC1C(OC2OC(CO)C(O)C(O)C2O)C(O)C(O)C(O)C1OC1OC(COC(=O)CCCCCCCCC(C)CCCCCCCC)C(O)C(O)C1O. The van der Waals surface area contributed by atoms with E-state index < -0.39 is 156 Å². The number of aliphatic hydroxyl groups is 10. The predicted molar refractivity (Wildman–Crippen MR) is 374 cm³/mol. The smallest absolute Gasteiger partial charge is 0.463 e. The van der Waals surface area contributed by atoms with Gasteiger partial charge in [-0.2, -0.15) is 0 Å². The first-order chi connectivity index (χ1) is 47.7. The number of rotatable bonds is 59. The zero-order valence-electron chi connectivity index (χ0n) is 60.7. The number of phosphoric acid groups is 1. The van der Waals surface area contributed by atoms with Crippen molar-refractivity contribution < 1.29 is 117 Å². The molecule has 99 heavy (non-hydrogen) atoms. The standard InChI is InChI=1S/C74H135O24P/c1-5-8-11-14-17-19-21-23-24-26-28-30-32-39-44-49-60(78)93-55(51-90-58(76)47-42-37-31-29-27-25-22-20-18-15-12-9-6-2)52-92-99(88,89)98-72-70(96-73-68(86)63(81)61(79)56(50-75)94-73)66(84)65(83)67(85)71(72)97-74-69(87)64(82)62(80)57(95-74)53-91-59(77)48-43-38-34-33-36-41-46-54(4)45-40-35-16-13-10-7-3/h19,21,25,27,54-57,61-75,79-87H,5-18,20,22-24,26,28-53H2,1-4H3,(H,88,89)/b21-19-,27-25-. The van der Waals surface area contributed by atoms with E-state index in [0.29, 0.717) is 25.2 Å². The van der Waals surface area contributed by atoms with Crippen molar-refractivity contribution >= 4 is 25.7 Å². The minimum Gasteiger partial charge on any atom is -0.463 e. The van der Waals surface area contributed by atoms with Gasteiger partial charge in [0.15, 0.2) is 18.7 Å². The van der Waals surface area contributed by atoms with Crippen molar-refractivity contribution in [3.8, 4) is 0 Å². The lowest BCUT2D eigenvalue weighted by atomic mass is 9.84. The summed E-state index contributed by atoms with van der Waals surface area (Å²) in [7, 11) is -5.70. The third-order valence-corrected chi connectivity index (χ3v) is 20.1. The molecule has 19 atom stereocenters. The first-order valence-electron chi connectivity index (χ1n) is 38.5. The van der Waals surface area contributed by atoms with Gasteiger partial charge in [-0.15, -0.1) is 0 Å². The number of carbonyl (C=O) groups is 3. The van der Waals surface area contributed by atoms with Crippen LogP contribution in [0.4, 0.5) is 0 Å². The highest BCUT2D eigenvalue weighted by molar-refractivity contribution is 7.47. The van der Waals surface area contributed by atoms with Gasteiger partial charge in [-0.3, -0.25) is 23.4 Å². The Morgan fingerprint density at radius 3 is 1.21 bits per heavy atom. The van der Waals surface area contributed by atoms with E-state index in [2.05, 4.69) is 52.0 Å². The second-order valence-corrected chi connectivity index (χ2v) is 29.4. The number of unbranched alkanes of at least 4 members (excludes halogenated alkanes) is 30. The van der Waals surface area contributed by atoms with Crippen LogP contribution in [-0.4, -0.2) is 204 Å². The van der Waals surface area contributed by atoms with Gasteiger partial charge in [-0.25, -0.2) is 4.57 Å². The Hall–Kier alpha value is -2.56. The van der Waals surface area contributed by atoms with Gasteiger partial charge < -0.3 is 89.1 Å². The van der Waals surface area contributed by atoms with Gasteiger partial charge in [-0.05, 0) is 76.5 Å². The van der Waals surface area contributed by atoms with Crippen LogP contribution >= 0.6 is 7.82 Å². The molecule has 3 fully saturated rings. The molecule has 19 unspecified atom stereocenters. The Labute approximate surface area is 592 Å². The third kappa shape index (κ3) is 38.3. The van der Waals surface area contributed by atoms with Crippen LogP contribution in [-0.2, 0) is 61.2 Å². The summed E-state index contributed by atoms with van der Waals surface area (Å²) in [6.45, 7) is 5.73. The van der Waals surface area contributed by atoms with Crippen molar-refractivity contribution in [1.29, 1.82) is 0 Å². The fourth-order valence-electron chi connectivity index (χ4n) is 12.7. The highest BCUT2D eigenvalue weighted by Gasteiger charge is 2.58. The van der Waals surface area contributed by atoms with Crippen LogP contribution in [0.1, 0.15) is 291 Å². The van der Waals surface area contributed by atoms with Crippen LogP contribution in [0, 0.1) is 5.92 Å². The second-order valence-electron chi connectivity index (χ2n) is 28.0. The molecule has 2 aliphatic heterocycles. The Morgan fingerprint density at radius 1 is 0.414 bits per heavy atom. The first kappa shape index (κ1) is 90.7. The predicted octanol–water partition coefficient (Wildman–Crippen LogP) is 10.8. The van der Waals surface area contributed by atoms with Crippen molar-refractivity contribution in [1.82, 2.24) is 0 Å². The molecular weight excluding hydrogens is 1300 g/mol. The summed E-state index contributed by atoms with van der Waals surface area (Å²) in [5.41, 5.74) is 0. The molecule has 1 saturated carbocycles. The molecule has 0 radical (unpaired) electrons. The van der Waals surface area contributed by atoms with Crippen LogP contribution in [0.25, 0.3) is 0 Å². The summed E-state index contributed by atoms with van der Waals surface area (Å²) in [4.78, 5) is 51.0. The van der Waals surface area contributed by atoms with Gasteiger partial charge in [0.2, 0.25) is 0 Å². The van der Waals surface area contributed by atoms with Crippen LogP contribution in [0.2, 0.25) is 0 Å². The first-order valence-corrected chi connectivity index (χ1v) is 40.0. The van der Waals surface area contributed by atoms with Crippen molar-refractivity contribution in [3.63, 3.8) is 0 Å². The van der Waals surface area contributed by atoms with Crippen LogP contribution in [0.5, 0.6) is 0 Å². The lowest BCUT2D eigenvalue weighted by Crippen LogP contribution is -2.69. The normalized spacial score (nSPS) is 27.9. The summed E-state index contributed by atoms with van der Waals surface area (Å²) in [5, 5.41) is 110. The fraction of sp³-hybridized carbons (Fsp3) is 0.905. The summed E-state index contributed by atoms with van der Waals surface area (Å²) in [6, 6.07) is 0. The molecule has 0 aromatic heterocycles. The van der Waals surface area contributed by atoms with Gasteiger partial charge in [-0.1, -0.05) is 225 Å². The van der Waals surface area contributed by atoms with Gasteiger partial charge in [0, 0.05) is 19.3 Å². The highest BCUT2D eigenvalue weighted by Crippen LogP contribution is 2.49. The number of allylic oxidation sites excluding steroid dienone is 4. The molecule has 0 amide bonds. The monoisotopic (exact) mass is 1440 g/mol. The Kier molecular flexibility index (Phi) is 50.3. The molecule has 2 saturated heterocycles. The minimum atomic E-state index is -5.70. The van der Waals surface area contributed by atoms with Gasteiger partial charge in [0.25, 0.3) is 0 Å². The topological polar surface area (TPSA) is 374 Å². The number of carbonyl (C=O) groups excluding carboxylic acids is 3. The quantitative estimate of drug-likeness (QED) is 0.00886. The second kappa shape index (κ2) is 55.0. The number of esters is 3. The minimum absolute atomic E-state index is 0.0241. The van der Waals surface area contributed by atoms with E-state index in [9.17, 15) is 74.9 Å². The van der Waals surface area contributed by atoms with Crippen molar-refractivity contribution in [2.45, 2.75) is 395 Å². The van der Waals surface area contributed by atoms with E-state index in [1.807, 2.05) is 0 Å². The van der Waals surface area contributed by atoms with Crippen LogP contribution < -0.4 is 0 Å². The molecule has 2 heterocycles. The lowest BCUT2D eigenvalue weighted by Gasteiger charge is -2.49. The Bertz CT molecular complexity index is 2160. The molecular formula is C74H135O24P. The van der Waals surface area contributed by atoms with Gasteiger partial charge in [0.05, 0.1) is 13.2 Å². The lowest BCUT2D eigenvalue weighted by molar-refractivity contribution is -0.360. The van der Waals surface area contributed by atoms with Gasteiger partial charge in [0.1, 0.15) is 98.7 Å². The average molecular weight is 1440 g/mol. The molecule has 3 rings (SSSR count). The fourth-order valence-corrected chi connectivity index (χ4v) is 13.7. The molecule has 0 spiro atoms. The molecule has 1 aliphatic carbocycles. The summed E-state index contributed by atoms with van der Waals surface area (Å²) in [6.07, 6.45) is 13.9. The molecule has 0 aromatic carbocycles. The molecule has 25 heteroatoms. The van der Waals surface area contributed by atoms with Crippen molar-refractivity contribution in [3.05, 3.63) is 24.3 Å². The van der Waals surface area contributed by atoms with Gasteiger partial charge >= 0.3 is 25.7 Å². The number of phosphoric ester groups is 1. The molecule has 3 aliphatic rings. The van der Waals surface area contributed by atoms with E-state index in [1.165, 1.54) is 109 Å². The average Bonchev–Trinajstić information content (AvgIpc) is 0.761. The summed E-state index contributed by atoms with van der Waals surface area (Å²) >= 11 is 0. The van der Waals surface area contributed by atoms with E-state index in [-0.39, 0.29) is 19.3 Å². The number of hydrogen-bond acceptors (Lipinski definition) is 23. The van der Waals surface area contributed by atoms with E-state index in [4.69, 9.17) is 42.2 Å². The maximum Gasteiger partial charge on any atom is 0.472 e. The third-order valence-electron chi connectivity index (χ3n) is 19.1. The molecule has 24 nitrogen and oxygen atoms in total. The maximum absolute atomic E-state index is 14.3. The van der Waals surface area contributed by atoms with E-state index >= 15 is 0 Å². The van der Waals surface area contributed by atoms with Crippen LogP contribution in [0.15, 0.2) is 24.3 Å². The van der Waals surface area contributed by atoms with E-state index in [1.54, 1.807) is 0 Å². The number of ether oxygens (including phenoxy) is 7. The summed E-state index contributed by atoms with van der Waals surface area (Å²) < 4.78 is 65.1. The van der Waals surface area contributed by atoms with Crippen molar-refractivity contribution in [2.24, 2.45) is 5.92 Å². The molecule has 0 bridgehead atoms. The zero-order chi connectivity index (χ0) is 72.6. The highest BCUT2D eigenvalue weighted by atomic mass is 31.2. The Morgan fingerprint density at radius 2 is 0.768 bits per heavy atom. The number of aliphatic hydroxyl groups excluding tert-OH is 10. The largest absolute Gasteiger partial charge is 0.472 e. The molecule has 0 aromatic rings. The zero-order valence-corrected chi connectivity index (χ0v) is 61.6.